The summed E-state index contributed by atoms with van der Waals surface area (Å²) in [5.41, 5.74) is 5.15. The highest BCUT2D eigenvalue weighted by atomic mass is 16.5. The van der Waals surface area contributed by atoms with Crippen LogP contribution >= 0.6 is 0 Å². The molecule has 7 heteroatoms. The summed E-state index contributed by atoms with van der Waals surface area (Å²) >= 11 is 0. The van der Waals surface area contributed by atoms with Crippen LogP contribution < -0.4 is 4.74 Å². The highest BCUT2D eigenvalue weighted by Crippen LogP contribution is 2.38. The molecule has 1 aliphatic rings. The molecule has 0 amide bonds. The third kappa shape index (κ3) is 6.32. The standard InChI is InChI=1S/C29H33N3O4/c1-35-25-10-5-9-24(17-25)28-26(11-6-16-30)32(31-29(28)23-7-3-2-4-8-23)18-21-12-14-22(15-13-21)19-36-20-27(33)34/h2-5,7-10,17,21-22H,6,11-15,18-20H2,1H3,(H,33,34)/t21-,22-. The van der Waals surface area contributed by atoms with Gasteiger partial charge in [-0.15, -0.1) is 0 Å². The van der Waals surface area contributed by atoms with Crippen molar-refractivity contribution in [2.45, 2.75) is 45.1 Å². The average Bonchev–Trinajstić information content (AvgIpc) is 3.26. The molecule has 0 unspecified atom stereocenters. The second kappa shape index (κ2) is 12.4. The predicted octanol–water partition coefficient (Wildman–Crippen LogP) is 5.59. The lowest BCUT2D eigenvalue weighted by molar-refractivity contribution is -0.142. The molecule has 0 spiro atoms. The number of carbonyl (C=O) groups is 1. The van der Waals surface area contributed by atoms with Crippen molar-refractivity contribution in [3.05, 3.63) is 60.3 Å². The van der Waals surface area contributed by atoms with E-state index in [1.807, 2.05) is 36.4 Å². The van der Waals surface area contributed by atoms with E-state index in [1.54, 1.807) is 7.11 Å². The third-order valence-corrected chi connectivity index (χ3v) is 6.91. The molecule has 1 saturated carbocycles. The molecular formula is C29H33N3O4. The summed E-state index contributed by atoms with van der Waals surface area (Å²) in [7, 11) is 1.67. The van der Waals surface area contributed by atoms with Crippen LogP contribution in [0.2, 0.25) is 0 Å². The minimum atomic E-state index is -0.923. The summed E-state index contributed by atoms with van der Waals surface area (Å²) in [6, 6.07) is 20.5. The van der Waals surface area contributed by atoms with Gasteiger partial charge in [-0.2, -0.15) is 10.4 Å². The van der Waals surface area contributed by atoms with Gasteiger partial charge in [-0.1, -0.05) is 42.5 Å². The van der Waals surface area contributed by atoms with Gasteiger partial charge < -0.3 is 14.6 Å². The average molecular weight is 488 g/mol. The van der Waals surface area contributed by atoms with E-state index in [9.17, 15) is 10.1 Å². The molecule has 1 aliphatic carbocycles. The molecule has 0 bridgehead atoms. The van der Waals surface area contributed by atoms with Gasteiger partial charge >= 0.3 is 5.97 Å². The summed E-state index contributed by atoms with van der Waals surface area (Å²) in [5, 5.41) is 23.3. The molecule has 1 aromatic heterocycles. The van der Waals surface area contributed by atoms with Crippen LogP contribution in [0, 0.1) is 23.2 Å². The molecule has 3 aromatic rings. The maximum atomic E-state index is 10.7. The molecule has 7 nitrogen and oxygen atoms in total. The van der Waals surface area contributed by atoms with Gasteiger partial charge in [0.1, 0.15) is 18.1 Å². The number of methoxy groups -OCH3 is 1. The number of aliphatic carboxylic acids is 1. The summed E-state index contributed by atoms with van der Waals surface area (Å²) in [5.74, 6) is 0.744. The van der Waals surface area contributed by atoms with E-state index >= 15 is 0 Å². The lowest BCUT2D eigenvalue weighted by Crippen LogP contribution is -2.23. The fourth-order valence-electron chi connectivity index (χ4n) is 5.09. The minimum Gasteiger partial charge on any atom is -0.497 e. The number of nitrogens with zero attached hydrogens (tertiary/aromatic N) is 3. The number of rotatable bonds is 11. The van der Waals surface area contributed by atoms with Crippen LogP contribution in [0.1, 0.15) is 37.8 Å². The van der Waals surface area contributed by atoms with E-state index in [4.69, 9.17) is 19.7 Å². The SMILES string of the molecule is COc1cccc(-c2c(-c3ccccc3)nn(C[C@H]3CC[C@H](COCC(=O)O)CC3)c2CCC#N)c1. The van der Waals surface area contributed by atoms with E-state index in [0.29, 0.717) is 31.3 Å². The molecular weight excluding hydrogens is 454 g/mol. The van der Waals surface area contributed by atoms with Crippen LogP contribution in [0.15, 0.2) is 54.6 Å². The maximum absolute atomic E-state index is 10.7. The Hall–Kier alpha value is -3.63. The van der Waals surface area contributed by atoms with Crippen molar-refractivity contribution < 1.29 is 19.4 Å². The van der Waals surface area contributed by atoms with Crippen molar-refractivity contribution >= 4 is 5.97 Å². The number of benzene rings is 2. The Kier molecular flexibility index (Phi) is 8.75. The Labute approximate surface area is 212 Å². The molecule has 4 rings (SSSR count). The zero-order valence-corrected chi connectivity index (χ0v) is 20.7. The first kappa shape index (κ1) is 25.5. The van der Waals surface area contributed by atoms with Gasteiger partial charge in [0.15, 0.2) is 0 Å². The second-order valence-electron chi connectivity index (χ2n) is 9.40. The molecule has 0 radical (unpaired) electrons. The van der Waals surface area contributed by atoms with Crippen LogP contribution in [0.25, 0.3) is 22.4 Å². The molecule has 0 aliphatic heterocycles. The summed E-state index contributed by atoms with van der Waals surface area (Å²) in [4.78, 5) is 10.7. The number of carboxylic acids is 1. The Morgan fingerprint density at radius 3 is 2.50 bits per heavy atom. The topological polar surface area (TPSA) is 97.4 Å². The Morgan fingerprint density at radius 2 is 1.81 bits per heavy atom. The van der Waals surface area contributed by atoms with Gasteiger partial charge in [0.05, 0.1) is 19.8 Å². The molecule has 188 valence electrons. The Balaban J connectivity index is 1.62. The van der Waals surface area contributed by atoms with E-state index < -0.39 is 5.97 Å². The first-order valence-corrected chi connectivity index (χ1v) is 12.5. The lowest BCUT2D eigenvalue weighted by atomic mass is 9.82. The summed E-state index contributed by atoms with van der Waals surface area (Å²) < 4.78 is 13.0. The monoisotopic (exact) mass is 487 g/mol. The van der Waals surface area contributed by atoms with Crippen molar-refractivity contribution in [3.63, 3.8) is 0 Å². The summed E-state index contributed by atoms with van der Waals surface area (Å²) in [6.07, 6.45) is 5.19. The van der Waals surface area contributed by atoms with E-state index in [0.717, 1.165) is 66.1 Å². The Bertz CT molecular complexity index is 1190. The predicted molar refractivity (Wildman–Crippen MR) is 137 cm³/mol. The molecule has 0 atom stereocenters. The highest BCUT2D eigenvalue weighted by Gasteiger charge is 2.26. The number of ether oxygens (including phenoxy) is 2. The smallest absolute Gasteiger partial charge is 0.329 e. The van der Waals surface area contributed by atoms with Crippen LogP contribution in [0.3, 0.4) is 0 Å². The number of hydrogen-bond donors (Lipinski definition) is 1. The molecule has 2 aromatic carbocycles. The minimum absolute atomic E-state index is 0.231. The highest BCUT2D eigenvalue weighted by molar-refractivity contribution is 5.83. The van der Waals surface area contributed by atoms with Crippen LogP contribution in [0.4, 0.5) is 0 Å². The maximum Gasteiger partial charge on any atom is 0.329 e. The van der Waals surface area contributed by atoms with Gasteiger partial charge in [0, 0.05) is 36.2 Å². The quantitative estimate of drug-likeness (QED) is 0.379. The molecule has 1 heterocycles. The van der Waals surface area contributed by atoms with Crippen molar-refractivity contribution in [1.29, 1.82) is 5.26 Å². The summed E-state index contributed by atoms with van der Waals surface area (Å²) in [6.45, 7) is 1.07. The number of nitriles is 1. The van der Waals surface area contributed by atoms with Gasteiger partial charge in [-0.3, -0.25) is 4.68 Å². The lowest BCUT2D eigenvalue weighted by Gasteiger charge is -2.28. The fourth-order valence-corrected chi connectivity index (χ4v) is 5.09. The van der Waals surface area contributed by atoms with Crippen molar-refractivity contribution in [2.75, 3.05) is 20.3 Å². The van der Waals surface area contributed by atoms with Crippen molar-refractivity contribution in [1.82, 2.24) is 9.78 Å². The number of carboxylic acid groups (broad SMARTS) is 1. The van der Waals surface area contributed by atoms with Gasteiger partial charge in [-0.25, -0.2) is 4.79 Å². The van der Waals surface area contributed by atoms with E-state index in [-0.39, 0.29) is 6.61 Å². The normalized spacial score (nSPS) is 17.4. The number of hydrogen-bond acceptors (Lipinski definition) is 5. The number of aromatic nitrogens is 2. The third-order valence-electron chi connectivity index (χ3n) is 6.91. The van der Waals surface area contributed by atoms with Crippen LogP contribution in [0.5, 0.6) is 5.75 Å². The van der Waals surface area contributed by atoms with E-state index in [1.165, 1.54) is 0 Å². The second-order valence-corrected chi connectivity index (χ2v) is 9.40. The van der Waals surface area contributed by atoms with Crippen molar-refractivity contribution in [3.8, 4) is 34.2 Å². The van der Waals surface area contributed by atoms with Gasteiger partial charge in [0.2, 0.25) is 0 Å². The van der Waals surface area contributed by atoms with Crippen molar-refractivity contribution in [2.24, 2.45) is 11.8 Å². The van der Waals surface area contributed by atoms with Gasteiger partial charge in [-0.05, 0) is 55.2 Å². The largest absolute Gasteiger partial charge is 0.497 e. The molecule has 36 heavy (non-hydrogen) atoms. The fraction of sp³-hybridized carbons (Fsp3) is 0.414. The van der Waals surface area contributed by atoms with E-state index in [2.05, 4.69) is 29.0 Å². The zero-order valence-electron chi connectivity index (χ0n) is 20.7. The molecule has 1 N–H and O–H groups in total. The van der Waals surface area contributed by atoms with Crippen LogP contribution in [-0.4, -0.2) is 41.2 Å². The Morgan fingerprint density at radius 1 is 1.08 bits per heavy atom. The zero-order chi connectivity index (χ0) is 25.3. The molecule has 1 fully saturated rings. The van der Waals surface area contributed by atoms with Gasteiger partial charge in [0.25, 0.3) is 0 Å². The molecule has 0 saturated heterocycles. The first-order chi connectivity index (χ1) is 17.6. The first-order valence-electron chi connectivity index (χ1n) is 12.5. The van der Waals surface area contributed by atoms with Crippen LogP contribution in [-0.2, 0) is 22.5 Å².